The summed E-state index contributed by atoms with van der Waals surface area (Å²) in [6, 6.07) is 7.95. The summed E-state index contributed by atoms with van der Waals surface area (Å²) in [5, 5.41) is 2.20. The lowest BCUT2D eigenvalue weighted by molar-refractivity contribution is 0.213. The lowest BCUT2D eigenvalue weighted by Gasteiger charge is -2.26. The van der Waals surface area contributed by atoms with Crippen molar-refractivity contribution in [3.63, 3.8) is 0 Å². The third kappa shape index (κ3) is 3.70. The molecule has 0 saturated carbocycles. The third-order valence-corrected chi connectivity index (χ3v) is 5.27. The number of halogens is 2. The average Bonchev–Trinajstić information content (AvgIpc) is 3.13. The van der Waals surface area contributed by atoms with E-state index in [-0.39, 0.29) is 11.1 Å². The second-order valence-electron chi connectivity index (χ2n) is 5.58. The highest BCUT2D eigenvalue weighted by Crippen LogP contribution is 2.43. The second kappa shape index (κ2) is 7.82. The molecule has 1 fully saturated rings. The van der Waals surface area contributed by atoms with Crippen molar-refractivity contribution in [3.05, 3.63) is 53.6 Å². The summed E-state index contributed by atoms with van der Waals surface area (Å²) in [7, 11) is 3.12. The first-order chi connectivity index (χ1) is 12.5. The number of urea groups is 1. The number of carbonyl (C=O) groups is 1. The smallest absolute Gasteiger partial charge is 0.323 e. The highest BCUT2D eigenvalue weighted by atomic mass is 32.2. The molecule has 0 radical (unpaired) electrons. The number of nitrogens with zero attached hydrogens (tertiary/aromatic N) is 1. The Kier molecular flexibility index (Phi) is 5.51. The zero-order valence-corrected chi connectivity index (χ0v) is 15.1. The molecule has 0 aliphatic carbocycles. The van der Waals surface area contributed by atoms with Gasteiger partial charge in [-0.1, -0.05) is 0 Å². The lowest BCUT2D eigenvalue weighted by atomic mass is 10.1. The molecule has 2 aromatic rings. The number of benzene rings is 2. The van der Waals surface area contributed by atoms with Gasteiger partial charge in [0, 0.05) is 23.9 Å². The van der Waals surface area contributed by atoms with Crippen LogP contribution >= 0.6 is 11.8 Å². The Balaban J connectivity index is 1.85. The van der Waals surface area contributed by atoms with Gasteiger partial charge < -0.3 is 19.7 Å². The monoisotopic (exact) mass is 380 g/mol. The number of thioether (sulfide) groups is 1. The molecular weight excluding hydrogens is 362 g/mol. The Labute approximate surface area is 154 Å². The van der Waals surface area contributed by atoms with Gasteiger partial charge in [0.15, 0.2) is 0 Å². The Hall–Kier alpha value is -2.48. The Morgan fingerprint density at radius 3 is 2.69 bits per heavy atom. The van der Waals surface area contributed by atoms with Gasteiger partial charge in [-0.3, -0.25) is 0 Å². The van der Waals surface area contributed by atoms with Gasteiger partial charge in [0.1, 0.15) is 28.5 Å². The molecule has 1 saturated heterocycles. The van der Waals surface area contributed by atoms with E-state index in [2.05, 4.69) is 5.32 Å². The van der Waals surface area contributed by atoms with E-state index < -0.39 is 17.7 Å². The molecule has 1 aliphatic rings. The summed E-state index contributed by atoms with van der Waals surface area (Å²) < 4.78 is 37.5. The first-order valence-electron chi connectivity index (χ1n) is 7.89. The Morgan fingerprint density at radius 1 is 1.19 bits per heavy atom. The molecule has 26 heavy (non-hydrogen) atoms. The molecule has 3 rings (SSSR count). The summed E-state index contributed by atoms with van der Waals surface area (Å²) in [6.07, 6.45) is 0. The maximum absolute atomic E-state index is 13.8. The number of rotatable bonds is 4. The fourth-order valence-corrected chi connectivity index (χ4v) is 4.02. The number of anilines is 1. The van der Waals surface area contributed by atoms with E-state index in [1.807, 2.05) is 6.07 Å². The minimum Gasteiger partial charge on any atom is -0.497 e. The SMILES string of the molecule is COc1ccc(OC)c(C2SCCN2C(=O)Nc2ccc(F)cc2F)c1. The largest absolute Gasteiger partial charge is 0.497 e. The quantitative estimate of drug-likeness (QED) is 0.861. The van der Waals surface area contributed by atoms with Crippen LogP contribution in [0.3, 0.4) is 0 Å². The topological polar surface area (TPSA) is 50.8 Å². The van der Waals surface area contributed by atoms with Gasteiger partial charge in [-0.2, -0.15) is 0 Å². The summed E-state index contributed by atoms with van der Waals surface area (Å²) in [4.78, 5) is 14.2. The van der Waals surface area contributed by atoms with Crippen LogP contribution in [0.1, 0.15) is 10.9 Å². The van der Waals surface area contributed by atoms with E-state index in [0.717, 1.165) is 23.4 Å². The molecule has 138 valence electrons. The number of nitrogens with one attached hydrogen (secondary N) is 1. The van der Waals surface area contributed by atoms with Crippen molar-refractivity contribution in [3.8, 4) is 11.5 Å². The molecule has 1 aliphatic heterocycles. The molecule has 0 spiro atoms. The zero-order chi connectivity index (χ0) is 18.7. The van der Waals surface area contributed by atoms with Crippen molar-refractivity contribution < 1.29 is 23.0 Å². The van der Waals surface area contributed by atoms with Crippen LogP contribution in [0.4, 0.5) is 19.3 Å². The van der Waals surface area contributed by atoms with Crippen LogP contribution < -0.4 is 14.8 Å². The third-order valence-electron chi connectivity index (χ3n) is 4.03. The first-order valence-corrected chi connectivity index (χ1v) is 8.94. The summed E-state index contributed by atoms with van der Waals surface area (Å²) in [6.45, 7) is 0.490. The van der Waals surface area contributed by atoms with Crippen LogP contribution in [0.2, 0.25) is 0 Å². The van der Waals surface area contributed by atoms with Gasteiger partial charge >= 0.3 is 6.03 Å². The van der Waals surface area contributed by atoms with E-state index in [9.17, 15) is 13.6 Å². The normalized spacial score (nSPS) is 16.5. The lowest BCUT2D eigenvalue weighted by Crippen LogP contribution is -2.34. The first kappa shape index (κ1) is 18.3. The number of hydrogen-bond acceptors (Lipinski definition) is 4. The molecule has 1 atom stereocenters. The van der Waals surface area contributed by atoms with E-state index in [1.54, 1.807) is 43.0 Å². The number of carbonyl (C=O) groups excluding carboxylic acids is 1. The van der Waals surface area contributed by atoms with Crippen LogP contribution in [0.25, 0.3) is 0 Å². The van der Waals surface area contributed by atoms with Gasteiger partial charge in [0.25, 0.3) is 0 Å². The fourth-order valence-electron chi connectivity index (χ4n) is 2.75. The van der Waals surface area contributed by atoms with Crippen LogP contribution in [-0.4, -0.2) is 37.4 Å². The van der Waals surface area contributed by atoms with E-state index in [4.69, 9.17) is 9.47 Å². The average molecular weight is 380 g/mol. The number of hydrogen-bond donors (Lipinski definition) is 1. The Bertz CT molecular complexity index is 819. The van der Waals surface area contributed by atoms with Crippen LogP contribution in [0.5, 0.6) is 11.5 Å². The van der Waals surface area contributed by atoms with E-state index >= 15 is 0 Å². The number of amides is 2. The highest BCUT2D eigenvalue weighted by molar-refractivity contribution is 7.99. The van der Waals surface area contributed by atoms with Gasteiger partial charge in [0.2, 0.25) is 0 Å². The van der Waals surface area contributed by atoms with Crippen molar-refractivity contribution in [1.29, 1.82) is 0 Å². The summed E-state index contributed by atoms with van der Waals surface area (Å²) in [5.41, 5.74) is 0.730. The van der Waals surface area contributed by atoms with Crippen LogP contribution in [0, 0.1) is 11.6 Å². The second-order valence-corrected chi connectivity index (χ2v) is 6.77. The maximum atomic E-state index is 13.8. The minimum atomic E-state index is -0.819. The van der Waals surface area contributed by atoms with Gasteiger partial charge in [-0.05, 0) is 30.3 Å². The van der Waals surface area contributed by atoms with Crippen LogP contribution in [0.15, 0.2) is 36.4 Å². The highest BCUT2D eigenvalue weighted by Gasteiger charge is 2.33. The molecule has 0 aromatic heterocycles. The van der Waals surface area contributed by atoms with Crippen molar-refractivity contribution in [1.82, 2.24) is 4.90 Å². The van der Waals surface area contributed by atoms with Crippen molar-refractivity contribution >= 4 is 23.5 Å². The standard InChI is InChI=1S/C18H18F2N2O3S/c1-24-12-4-6-16(25-2)13(10-12)17-22(7-8-26-17)18(23)21-15-5-3-11(19)9-14(15)20/h3-6,9-10,17H,7-8H2,1-2H3,(H,21,23). The van der Waals surface area contributed by atoms with Gasteiger partial charge in [-0.15, -0.1) is 11.8 Å². The molecule has 2 aromatic carbocycles. The van der Waals surface area contributed by atoms with E-state index in [0.29, 0.717) is 18.0 Å². The number of ether oxygens (including phenoxy) is 2. The summed E-state index contributed by atoms with van der Waals surface area (Å²) >= 11 is 1.57. The minimum absolute atomic E-state index is 0.0651. The molecule has 1 unspecified atom stereocenters. The van der Waals surface area contributed by atoms with E-state index in [1.165, 1.54) is 6.07 Å². The molecule has 2 amide bonds. The van der Waals surface area contributed by atoms with Crippen molar-refractivity contribution in [2.24, 2.45) is 0 Å². The predicted molar refractivity (Wildman–Crippen MR) is 96.8 cm³/mol. The fraction of sp³-hybridized carbons (Fsp3) is 0.278. The maximum Gasteiger partial charge on any atom is 0.323 e. The number of methoxy groups -OCH3 is 2. The molecule has 8 heteroatoms. The Morgan fingerprint density at radius 2 is 2.00 bits per heavy atom. The molecule has 5 nitrogen and oxygen atoms in total. The van der Waals surface area contributed by atoms with Gasteiger partial charge in [0.05, 0.1) is 19.9 Å². The van der Waals surface area contributed by atoms with Crippen molar-refractivity contribution in [2.45, 2.75) is 5.37 Å². The van der Waals surface area contributed by atoms with Gasteiger partial charge in [-0.25, -0.2) is 13.6 Å². The molecule has 1 N–H and O–H groups in total. The van der Waals surface area contributed by atoms with Crippen molar-refractivity contribution in [2.75, 3.05) is 31.8 Å². The molecule has 1 heterocycles. The van der Waals surface area contributed by atoms with Crippen LogP contribution in [-0.2, 0) is 0 Å². The predicted octanol–water partition coefficient (Wildman–Crippen LogP) is 4.26. The molecular formula is C18H18F2N2O3S. The molecule has 0 bridgehead atoms. The summed E-state index contributed by atoms with van der Waals surface area (Å²) in [5.74, 6) is 0.496. The zero-order valence-electron chi connectivity index (χ0n) is 14.3.